The van der Waals surface area contributed by atoms with Crippen LogP contribution in [-0.4, -0.2) is 28.7 Å². The Morgan fingerprint density at radius 1 is 1.27 bits per heavy atom. The molecule has 0 aliphatic carbocycles. The van der Waals surface area contributed by atoms with Crippen LogP contribution in [0.1, 0.15) is 5.82 Å². The van der Waals surface area contributed by atoms with E-state index in [0.717, 1.165) is 12.1 Å². The molecule has 22 heavy (non-hydrogen) atoms. The maximum atomic E-state index is 14.2. The number of alkyl halides is 3. The molecule has 0 N–H and O–H groups in total. The summed E-state index contributed by atoms with van der Waals surface area (Å²) in [6, 6.07) is 3.13. The average Bonchev–Trinajstić information content (AvgIpc) is 2.69. The second-order valence-electron chi connectivity index (χ2n) is 4.21. The summed E-state index contributed by atoms with van der Waals surface area (Å²) in [6.45, 7) is 1.54. The van der Waals surface area contributed by atoms with Gasteiger partial charge in [0.1, 0.15) is 5.82 Å². The minimum atomic E-state index is -5.96. The minimum absolute atomic E-state index is 0.0184. The number of hydrogen-bond acceptors (Lipinski definition) is 5. The van der Waals surface area contributed by atoms with Crippen LogP contribution in [0.25, 0.3) is 11.4 Å². The summed E-state index contributed by atoms with van der Waals surface area (Å²) in [4.78, 5) is 3.91. The van der Waals surface area contributed by atoms with E-state index in [1.54, 1.807) is 0 Å². The number of aryl methyl sites for hydroxylation is 2. The Morgan fingerprint density at radius 2 is 1.91 bits per heavy atom. The molecule has 0 saturated carbocycles. The lowest BCUT2D eigenvalue weighted by atomic mass is 10.2. The number of rotatable bonds is 3. The molecular weight excluding hydrogens is 330 g/mol. The van der Waals surface area contributed by atoms with Gasteiger partial charge in [0.15, 0.2) is 17.4 Å². The third-order valence-corrected chi connectivity index (χ3v) is 3.52. The highest BCUT2D eigenvalue weighted by molar-refractivity contribution is 7.88. The number of hydrogen-bond donors (Lipinski definition) is 0. The molecule has 1 heterocycles. The van der Waals surface area contributed by atoms with Crippen molar-refractivity contribution in [3.8, 4) is 17.1 Å². The lowest BCUT2D eigenvalue weighted by Gasteiger charge is -2.11. The average molecular weight is 339 g/mol. The Bertz CT molecular complexity index is 814. The van der Waals surface area contributed by atoms with Crippen LogP contribution < -0.4 is 4.18 Å². The number of aromatic nitrogens is 3. The summed E-state index contributed by atoms with van der Waals surface area (Å²) in [5.74, 6) is -2.03. The molecular formula is C11H9F4N3O3S. The molecule has 0 bridgehead atoms. The molecule has 1 aromatic carbocycles. The van der Waals surface area contributed by atoms with Gasteiger partial charge >= 0.3 is 15.6 Å². The molecule has 0 atom stereocenters. The van der Waals surface area contributed by atoms with Crippen molar-refractivity contribution in [3.63, 3.8) is 0 Å². The number of halogens is 4. The highest BCUT2D eigenvalue weighted by Gasteiger charge is 2.49. The molecule has 0 amide bonds. The van der Waals surface area contributed by atoms with Crippen LogP contribution in [0.3, 0.4) is 0 Å². The van der Waals surface area contributed by atoms with Gasteiger partial charge in [0, 0.05) is 7.05 Å². The fourth-order valence-corrected chi connectivity index (χ4v) is 2.12. The van der Waals surface area contributed by atoms with Crippen molar-refractivity contribution in [2.75, 3.05) is 0 Å². The molecule has 0 unspecified atom stereocenters. The third kappa shape index (κ3) is 2.89. The van der Waals surface area contributed by atoms with Crippen molar-refractivity contribution in [1.29, 1.82) is 0 Å². The Hall–Kier alpha value is -2.17. The van der Waals surface area contributed by atoms with Gasteiger partial charge in [0.2, 0.25) is 0 Å². The summed E-state index contributed by atoms with van der Waals surface area (Å²) >= 11 is 0. The molecule has 0 aliphatic rings. The zero-order chi connectivity index (χ0) is 16.7. The van der Waals surface area contributed by atoms with Gasteiger partial charge < -0.3 is 4.18 Å². The van der Waals surface area contributed by atoms with E-state index in [1.807, 2.05) is 0 Å². The topological polar surface area (TPSA) is 74.1 Å². The van der Waals surface area contributed by atoms with Crippen LogP contribution in [0.4, 0.5) is 17.6 Å². The maximum absolute atomic E-state index is 14.2. The highest BCUT2D eigenvalue weighted by Crippen LogP contribution is 2.32. The van der Waals surface area contributed by atoms with E-state index in [0.29, 0.717) is 5.82 Å². The van der Waals surface area contributed by atoms with Gasteiger partial charge in [-0.2, -0.15) is 26.7 Å². The van der Waals surface area contributed by atoms with Gasteiger partial charge in [0.05, 0.1) is 5.56 Å². The minimum Gasteiger partial charge on any atom is -0.373 e. The Labute approximate surface area is 122 Å². The van der Waals surface area contributed by atoms with Crippen LogP contribution in [0.2, 0.25) is 0 Å². The van der Waals surface area contributed by atoms with Crippen molar-refractivity contribution < 1.29 is 30.2 Å². The van der Waals surface area contributed by atoms with Crippen LogP contribution in [0, 0.1) is 12.7 Å². The van der Waals surface area contributed by atoms with Gasteiger partial charge in [-0.15, -0.1) is 0 Å². The number of benzene rings is 1. The molecule has 120 valence electrons. The first-order chi connectivity index (χ1) is 10.0. The number of nitrogens with zero attached hydrogens (tertiary/aromatic N) is 3. The smallest absolute Gasteiger partial charge is 0.373 e. The predicted octanol–water partition coefficient (Wildman–Crippen LogP) is 2.16. The monoisotopic (exact) mass is 339 g/mol. The Balaban J connectivity index is 2.50. The Morgan fingerprint density at radius 3 is 2.41 bits per heavy atom. The van der Waals surface area contributed by atoms with Crippen molar-refractivity contribution in [2.24, 2.45) is 7.05 Å². The highest BCUT2D eigenvalue weighted by atomic mass is 32.2. The second kappa shape index (κ2) is 5.23. The summed E-state index contributed by atoms with van der Waals surface area (Å²) in [5.41, 5.74) is -5.89. The molecule has 11 heteroatoms. The van der Waals surface area contributed by atoms with E-state index in [4.69, 9.17) is 0 Å². The van der Waals surface area contributed by atoms with E-state index in [-0.39, 0.29) is 11.4 Å². The third-order valence-electron chi connectivity index (χ3n) is 2.56. The standard InChI is InChI=1S/C11H9F4N3O3S/c1-6-16-10(18(2)17-6)7-4-3-5-8(9(7)12)21-22(19,20)11(13,14)15/h3-5H,1-2H3. The van der Waals surface area contributed by atoms with Crippen LogP contribution in [0.5, 0.6) is 5.75 Å². The van der Waals surface area contributed by atoms with Crippen LogP contribution >= 0.6 is 0 Å². The zero-order valence-electron chi connectivity index (χ0n) is 11.2. The first kappa shape index (κ1) is 16.2. The molecule has 1 aromatic heterocycles. The van der Waals surface area contributed by atoms with Crippen molar-refractivity contribution in [1.82, 2.24) is 14.8 Å². The fourth-order valence-electron chi connectivity index (χ4n) is 1.66. The predicted molar refractivity (Wildman–Crippen MR) is 66.7 cm³/mol. The van der Waals surface area contributed by atoms with E-state index in [9.17, 15) is 26.0 Å². The van der Waals surface area contributed by atoms with E-state index in [2.05, 4.69) is 14.3 Å². The second-order valence-corrected chi connectivity index (χ2v) is 5.74. The summed E-state index contributed by atoms with van der Waals surface area (Å²) in [7, 11) is -4.51. The van der Waals surface area contributed by atoms with E-state index >= 15 is 0 Å². The fraction of sp³-hybridized carbons (Fsp3) is 0.273. The van der Waals surface area contributed by atoms with Gasteiger partial charge in [-0.1, -0.05) is 6.07 Å². The summed E-state index contributed by atoms with van der Waals surface area (Å²) in [5, 5.41) is 3.87. The van der Waals surface area contributed by atoms with Crippen LogP contribution in [0.15, 0.2) is 18.2 Å². The lowest BCUT2D eigenvalue weighted by molar-refractivity contribution is -0.0500. The molecule has 0 fully saturated rings. The Kier molecular flexibility index (Phi) is 3.85. The molecule has 6 nitrogen and oxygen atoms in total. The SMILES string of the molecule is Cc1nc(-c2cccc(OS(=O)(=O)C(F)(F)F)c2F)n(C)n1. The van der Waals surface area contributed by atoms with E-state index in [1.165, 1.54) is 24.7 Å². The molecule has 2 rings (SSSR count). The summed E-state index contributed by atoms with van der Waals surface area (Å²) < 4.78 is 78.0. The normalized spacial score (nSPS) is 12.5. The van der Waals surface area contributed by atoms with Gasteiger partial charge in [0.25, 0.3) is 0 Å². The first-order valence-electron chi connectivity index (χ1n) is 5.70. The quantitative estimate of drug-likeness (QED) is 0.487. The molecule has 0 saturated heterocycles. The lowest BCUT2D eigenvalue weighted by Crippen LogP contribution is -2.28. The van der Waals surface area contributed by atoms with Gasteiger partial charge in [-0.05, 0) is 19.1 Å². The first-order valence-corrected chi connectivity index (χ1v) is 7.11. The largest absolute Gasteiger partial charge is 0.534 e. The molecule has 0 aliphatic heterocycles. The van der Waals surface area contributed by atoms with Crippen LogP contribution in [-0.2, 0) is 17.2 Å². The zero-order valence-corrected chi connectivity index (χ0v) is 12.0. The van der Waals surface area contributed by atoms with Gasteiger partial charge in [-0.3, -0.25) is 0 Å². The maximum Gasteiger partial charge on any atom is 0.534 e. The van der Waals surface area contributed by atoms with E-state index < -0.39 is 27.2 Å². The molecule has 0 radical (unpaired) electrons. The van der Waals surface area contributed by atoms with Crippen molar-refractivity contribution in [3.05, 3.63) is 29.8 Å². The molecule has 0 spiro atoms. The molecule has 2 aromatic rings. The summed E-state index contributed by atoms with van der Waals surface area (Å²) in [6.07, 6.45) is 0. The van der Waals surface area contributed by atoms with Gasteiger partial charge in [-0.25, -0.2) is 14.1 Å². The van der Waals surface area contributed by atoms with Crippen molar-refractivity contribution >= 4 is 10.1 Å². The van der Waals surface area contributed by atoms with Crippen molar-refractivity contribution in [2.45, 2.75) is 12.4 Å².